The highest BCUT2D eigenvalue weighted by molar-refractivity contribution is 14.0. The van der Waals surface area contributed by atoms with Gasteiger partial charge in [-0.15, -0.1) is 24.0 Å². The first-order valence-corrected chi connectivity index (χ1v) is 8.57. The van der Waals surface area contributed by atoms with E-state index in [9.17, 15) is 23.1 Å². The van der Waals surface area contributed by atoms with Crippen LogP contribution in [0.4, 0.5) is 18.9 Å². The lowest BCUT2D eigenvalue weighted by Crippen LogP contribution is -2.45. The van der Waals surface area contributed by atoms with Crippen molar-refractivity contribution in [3.8, 4) is 0 Å². The highest BCUT2D eigenvalue weighted by Crippen LogP contribution is 2.20. The molecule has 1 saturated carbocycles. The van der Waals surface area contributed by atoms with Crippen LogP contribution >= 0.6 is 24.0 Å². The molecule has 0 aromatic heterocycles. The van der Waals surface area contributed by atoms with Crippen molar-refractivity contribution in [3.05, 3.63) is 29.6 Å². The summed E-state index contributed by atoms with van der Waals surface area (Å²) in [5.41, 5.74) is -0.441. The van der Waals surface area contributed by atoms with Gasteiger partial charge in [0, 0.05) is 12.6 Å². The molecule has 0 unspecified atom stereocenters. The number of nitrogens with one attached hydrogen (secondary N) is 3. The molecule has 1 aromatic rings. The van der Waals surface area contributed by atoms with Gasteiger partial charge < -0.3 is 21.1 Å². The number of benzene rings is 1. The predicted molar refractivity (Wildman–Crippen MR) is 108 cm³/mol. The maximum atomic E-state index is 13.6. The molecule has 4 N–H and O–H groups in total. The Labute approximate surface area is 173 Å². The van der Waals surface area contributed by atoms with Crippen LogP contribution in [0.2, 0.25) is 0 Å². The SMILES string of the molecule is CCNC(=NCC(=O)Nc1ccc(F)c(F)c1F)NC1CCC(O)CC1.I. The highest BCUT2D eigenvalue weighted by atomic mass is 127. The second-order valence-corrected chi connectivity index (χ2v) is 6.12. The summed E-state index contributed by atoms with van der Waals surface area (Å²) in [4.78, 5) is 16.0. The fourth-order valence-corrected chi connectivity index (χ4v) is 2.70. The Balaban J connectivity index is 0.00000364. The van der Waals surface area contributed by atoms with E-state index in [0.29, 0.717) is 25.3 Å². The highest BCUT2D eigenvalue weighted by Gasteiger charge is 2.20. The molecular formula is C17H24F3IN4O2. The zero-order valence-corrected chi connectivity index (χ0v) is 17.2. The van der Waals surface area contributed by atoms with E-state index in [-0.39, 0.29) is 42.7 Å². The molecule has 1 aromatic carbocycles. The van der Waals surface area contributed by atoms with Gasteiger partial charge in [-0.3, -0.25) is 4.79 Å². The number of carbonyl (C=O) groups is 1. The van der Waals surface area contributed by atoms with Crippen molar-refractivity contribution in [2.75, 3.05) is 18.4 Å². The van der Waals surface area contributed by atoms with Crippen molar-refractivity contribution in [1.82, 2.24) is 10.6 Å². The molecule has 152 valence electrons. The average Bonchev–Trinajstić information content (AvgIpc) is 2.62. The molecule has 0 spiro atoms. The van der Waals surface area contributed by atoms with Crippen molar-refractivity contribution >= 4 is 41.5 Å². The number of nitrogens with zero attached hydrogens (tertiary/aromatic N) is 1. The molecular weight excluding hydrogens is 476 g/mol. The summed E-state index contributed by atoms with van der Waals surface area (Å²) < 4.78 is 39.7. The molecule has 0 saturated heterocycles. The van der Waals surface area contributed by atoms with E-state index in [1.165, 1.54) is 0 Å². The first-order valence-electron chi connectivity index (χ1n) is 8.57. The second kappa shape index (κ2) is 11.3. The van der Waals surface area contributed by atoms with Crippen molar-refractivity contribution < 1.29 is 23.1 Å². The molecule has 1 aliphatic rings. The van der Waals surface area contributed by atoms with Gasteiger partial charge in [0.1, 0.15) is 6.54 Å². The third kappa shape index (κ3) is 7.17. The van der Waals surface area contributed by atoms with Crippen molar-refractivity contribution in [3.63, 3.8) is 0 Å². The van der Waals surface area contributed by atoms with Gasteiger partial charge in [0.05, 0.1) is 11.8 Å². The van der Waals surface area contributed by atoms with Crippen LogP contribution in [0.25, 0.3) is 0 Å². The summed E-state index contributed by atoms with van der Waals surface area (Å²) in [6.07, 6.45) is 2.71. The zero-order chi connectivity index (χ0) is 19.1. The van der Waals surface area contributed by atoms with E-state index in [2.05, 4.69) is 20.9 Å². The van der Waals surface area contributed by atoms with Gasteiger partial charge in [-0.1, -0.05) is 0 Å². The monoisotopic (exact) mass is 500 g/mol. The van der Waals surface area contributed by atoms with Crippen LogP contribution in [0.15, 0.2) is 17.1 Å². The van der Waals surface area contributed by atoms with Crippen LogP contribution in [-0.4, -0.2) is 42.2 Å². The molecule has 1 amide bonds. The van der Waals surface area contributed by atoms with E-state index < -0.39 is 29.0 Å². The summed E-state index contributed by atoms with van der Waals surface area (Å²) in [5, 5.41) is 17.9. The molecule has 0 aliphatic heterocycles. The molecule has 1 aliphatic carbocycles. The Bertz CT molecular complexity index is 668. The molecule has 10 heteroatoms. The van der Waals surface area contributed by atoms with E-state index >= 15 is 0 Å². The van der Waals surface area contributed by atoms with Gasteiger partial charge in [0.25, 0.3) is 0 Å². The Morgan fingerprint density at radius 1 is 1.19 bits per heavy atom. The van der Waals surface area contributed by atoms with Crippen molar-refractivity contribution in [1.29, 1.82) is 0 Å². The Hall–Kier alpha value is -1.56. The number of guanidine groups is 1. The van der Waals surface area contributed by atoms with Crippen LogP contribution in [0, 0.1) is 17.5 Å². The van der Waals surface area contributed by atoms with Crippen LogP contribution in [0.1, 0.15) is 32.6 Å². The van der Waals surface area contributed by atoms with Gasteiger partial charge in [-0.25, -0.2) is 18.2 Å². The number of carbonyl (C=O) groups excluding carboxylic acids is 1. The number of hydrogen-bond donors (Lipinski definition) is 4. The number of anilines is 1. The first kappa shape index (κ1) is 23.5. The van der Waals surface area contributed by atoms with Gasteiger partial charge in [0.15, 0.2) is 23.4 Å². The normalized spacial score (nSPS) is 19.8. The molecule has 0 radical (unpaired) electrons. The number of amides is 1. The number of rotatable bonds is 5. The lowest BCUT2D eigenvalue weighted by Gasteiger charge is -2.27. The number of halogens is 4. The topological polar surface area (TPSA) is 85.8 Å². The van der Waals surface area contributed by atoms with Gasteiger partial charge in [0.2, 0.25) is 5.91 Å². The minimum absolute atomic E-state index is 0. The summed E-state index contributed by atoms with van der Waals surface area (Å²) >= 11 is 0. The van der Waals surface area contributed by atoms with Gasteiger partial charge >= 0.3 is 0 Å². The zero-order valence-electron chi connectivity index (χ0n) is 14.9. The summed E-state index contributed by atoms with van der Waals surface area (Å²) in [5.74, 6) is -4.65. The van der Waals surface area contributed by atoms with Crippen LogP contribution in [0.3, 0.4) is 0 Å². The predicted octanol–water partition coefficient (Wildman–Crippen LogP) is 2.52. The summed E-state index contributed by atoms with van der Waals surface area (Å²) in [6, 6.07) is 1.83. The van der Waals surface area contributed by atoms with Crippen molar-refractivity contribution in [2.24, 2.45) is 4.99 Å². The van der Waals surface area contributed by atoms with E-state index in [1.54, 1.807) is 0 Å². The van der Waals surface area contributed by atoms with Gasteiger partial charge in [-0.2, -0.15) is 0 Å². The summed E-state index contributed by atoms with van der Waals surface area (Å²) in [7, 11) is 0. The Kier molecular flexibility index (Phi) is 9.84. The van der Waals surface area contributed by atoms with Gasteiger partial charge in [-0.05, 0) is 44.7 Å². The smallest absolute Gasteiger partial charge is 0.246 e. The number of aliphatic hydroxyl groups is 1. The van der Waals surface area contributed by atoms with Crippen LogP contribution in [0.5, 0.6) is 0 Å². The second-order valence-electron chi connectivity index (χ2n) is 6.12. The Morgan fingerprint density at radius 3 is 2.48 bits per heavy atom. The maximum Gasteiger partial charge on any atom is 0.246 e. The number of aliphatic hydroxyl groups excluding tert-OH is 1. The molecule has 2 rings (SSSR count). The average molecular weight is 500 g/mol. The fraction of sp³-hybridized carbons (Fsp3) is 0.529. The molecule has 27 heavy (non-hydrogen) atoms. The lowest BCUT2D eigenvalue weighted by atomic mass is 9.93. The lowest BCUT2D eigenvalue weighted by molar-refractivity contribution is -0.114. The molecule has 0 atom stereocenters. The van der Waals surface area contributed by atoms with Crippen molar-refractivity contribution in [2.45, 2.75) is 44.8 Å². The largest absolute Gasteiger partial charge is 0.393 e. The fourth-order valence-electron chi connectivity index (χ4n) is 2.70. The van der Waals surface area contributed by atoms with E-state index in [0.717, 1.165) is 25.0 Å². The molecule has 6 nitrogen and oxygen atoms in total. The molecule has 1 fully saturated rings. The van der Waals surface area contributed by atoms with E-state index in [1.807, 2.05) is 6.92 Å². The number of hydrogen-bond acceptors (Lipinski definition) is 3. The third-order valence-electron chi connectivity index (χ3n) is 4.07. The minimum atomic E-state index is -1.64. The third-order valence-corrected chi connectivity index (χ3v) is 4.07. The van der Waals surface area contributed by atoms with E-state index in [4.69, 9.17) is 0 Å². The summed E-state index contributed by atoms with van der Waals surface area (Å²) in [6.45, 7) is 2.14. The quantitative estimate of drug-likeness (QED) is 0.217. The maximum absolute atomic E-state index is 13.6. The van der Waals surface area contributed by atoms with Crippen LogP contribution < -0.4 is 16.0 Å². The first-order chi connectivity index (χ1) is 12.4. The molecule has 0 bridgehead atoms. The molecule has 0 heterocycles. The Morgan fingerprint density at radius 2 is 1.85 bits per heavy atom. The minimum Gasteiger partial charge on any atom is -0.393 e. The van der Waals surface area contributed by atoms with Crippen LogP contribution in [-0.2, 0) is 4.79 Å². The number of aliphatic imine (C=N–C) groups is 1. The standard InChI is InChI=1S/C17H23F3N4O2.HI/c1-2-21-17(23-10-3-5-11(25)6-4-10)22-9-14(26)24-13-8-7-12(18)15(19)16(13)20;/h7-8,10-11,25H,2-6,9H2,1H3,(H,24,26)(H2,21,22,23);1H.